The van der Waals surface area contributed by atoms with Crippen LogP contribution in [-0.4, -0.2) is 76.8 Å². The van der Waals surface area contributed by atoms with Gasteiger partial charge in [-0.05, 0) is 391 Å². The first-order chi connectivity index (χ1) is 44.2. The van der Waals surface area contributed by atoms with Crippen LogP contribution < -0.4 is 33.1 Å². The average molecular weight is 2330 g/mol. The highest BCUT2D eigenvalue weighted by Gasteiger charge is 2.18. The fourth-order valence-corrected chi connectivity index (χ4v) is 17.7. The molecule has 17 nitrogen and oxygen atoms in total. The lowest BCUT2D eigenvalue weighted by molar-refractivity contribution is -0.119. The number of amides is 2. The number of hydrogen-bond donors (Lipinski definition) is 5. The number of aromatic hydroxyl groups is 3. The normalized spacial score (nSPS) is 11.3. The highest BCUT2D eigenvalue weighted by Crippen LogP contribution is 2.39. The first kappa shape index (κ1) is 81.7. The fraction of sp³-hybridized carbons (Fsp3) is 0.197. The van der Waals surface area contributed by atoms with Crippen LogP contribution in [0.15, 0.2) is 140 Å². The maximum atomic E-state index is 11.8. The van der Waals surface area contributed by atoms with E-state index in [1.165, 1.54) is 11.8 Å². The third kappa shape index (κ3) is 29.0. The molecule has 0 bridgehead atoms. The van der Waals surface area contributed by atoms with Crippen molar-refractivity contribution in [1.82, 2.24) is 9.44 Å². The van der Waals surface area contributed by atoms with Gasteiger partial charge in [-0.15, -0.1) is 0 Å². The lowest BCUT2D eigenvalue weighted by Gasteiger charge is -2.13. The van der Waals surface area contributed by atoms with Gasteiger partial charge in [-0.2, -0.15) is 0 Å². The van der Waals surface area contributed by atoms with E-state index in [1.807, 2.05) is 82.8 Å². The molecule has 1 unspecified atom stereocenters. The van der Waals surface area contributed by atoms with E-state index >= 15 is 0 Å². The van der Waals surface area contributed by atoms with E-state index in [-0.39, 0.29) is 41.8 Å². The molecule has 0 aliphatic heterocycles. The van der Waals surface area contributed by atoms with E-state index in [4.69, 9.17) is 23.7 Å². The van der Waals surface area contributed by atoms with Gasteiger partial charge in [0.05, 0.1) is 51.9 Å². The summed E-state index contributed by atoms with van der Waals surface area (Å²) in [5.74, 6) is 10.1. The van der Waals surface area contributed by atoms with E-state index in [2.05, 4.69) is 203 Å². The number of halogens is 9. The Morgan fingerprint density at radius 1 is 0.457 bits per heavy atom. The summed E-state index contributed by atoms with van der Waals surface area (Å²) in [5.41, 5.74) is 3.96. The Morgan fingerprint density at radius 2 is 0.862 bits per heavy atom. The van der Waals surface area contributed by atoms with E-state index in [1.54, 1.807) is 92.9 Å². The van der Waals surface area contributed by atoms with Gasteiger partial charge in [0, 0.05) is 41.6 Å². The molecule has 5 N–H and O–H groups in total. The van der Waals surface area contributed by atoms with Crippen molar-refractivity contribution in [2.45, 2.75) is 65.2 Å². The number of benzene rings is 8. The molecule has 2 amide bonds. The number of Topliss-reactive ketones (excluding diaryl/α,β-unsaturated/α-hetero) is 2. The number of carbonyl (C=O) groups excluding carboxylic acids is 4. The van der Waals surface area contributed by atoms with Crippen LogP contribution >= 0.6 is 203 Å². The topological polar surface area (TPSA) is 250 Å². The van der Waals surface area contributed by atoms with Gasteiger partial charge in [0.15, 0.2) is 23.0 Å². The number of ketones is 2. The molecule has 0 saturated carbocycles. The van der Waals surface area contributed by atoms with Crippen molar-refractivity contribution >= 4 is 252 Å². The van der Waals surface area contributed by atoms with Gasteiger partial charge < -0.3 is 43.8 Å². The SMILES string of the molecule is C=S(C)(=O)NC(=O)CCc1cc(I)c(Oc2ccc(O)cc2)c(I)c1.CC(=O)CCc1ccc(I)c(Oc2ccc(O)cc2)c1I.CCC(=O)CCc1cc(I)c(Oc2ccc(OC)cc2)c(I)c1.CS(=O)(=O)NC(=O)Cc1cc(I)c(Oc2ccc(O)c(I)c2)c(I)c1. The van der Waals surface area contributed by atoms with Crippen LogP contribution in [0.3, 0.4) is 0 Å². The Labute approximate surface area is 670 Å². The molecule has 0 radical (unpaired) electrons. The number of ether oxygens (including phenoxy) is 5. The highest BCUT2D eigenvalue weighted by atomic mass is 127. The van der Waals surface area contributed by atoms with Gasteiger partial charge in [0.2, 0.25) is 21.8 Å². The second-order valence-electron chi connectivity index (χ2n) is 20.3. The number of methoxy groups -OCH3 is 1. The van der Waals surface area contributed by atoms with Crippen molar-refractivity contribution in [3.8, 4) is 69.0 Å². The summed E-state index contributed by atoms with van der Waals surface area (Å²) in [4.78, 5) is 46.1. The first-order valence-corrected chi connectivity index (χ1v) is 41.4. The minimum Gasteiger partial charge on any atom is -0.508 e. The van der Waals surface area contributed by atoms with E-state index in [9.17, 15) is 47.1 Å². The standard InChI is InChI=1S/C18H18I2O3.C17H17I2NO4S.C16H14I2O3.C15H12I3NO5S/c1-3-13(21)5-4-12-10-16(19)18(17(20)11-12)23-15-8-6-14(22-2)7-9-15;1-25(2,23)20-16(22)8-3-11-9-14(18)17(15(19)10-11)24-13-6-4-12(21)5-7-13;1-10(19)2-3-11-4-9-14(17)16(15(11)18)21-13-7-5-12(20)6-8-13;1-25(22,23)19-14(21)6-8-4-11(17)15(12(18)5-8)24-9-2-3-13(20)10(16)7-9/h6-11H,3-5H2,1-2H3;4-7,9-10,21H,1,3,8H2,2H3,(H,20,22,23);4-9,20H,2-3H2,1H3;2-5,7,20H,6H2,1H3,(H,19,21). The maximum Gasteiger partial charge on any atom is 0.237 e. The maximum absolute atomic E-state index is 11.8. The fourth-order valence-electron chi connectivity index (χ4n) is 7.82. The molecule has 8 aromatic carbocycles. The van der Waals surface area contributed by atoms with Crippen molar-refractivity contribution in [1.29, 1.82) is 0 Å². The average Bonchev–Trinajstić information content (AvgIpc) is 0.857. The second-order valence-corrected chi connectivity index (χ2v) is 34.6. The molecule has 0 aliphatic rings. The van der Waals surface area contributed by atoms with E-state index < -0.39 is 25.6 Å². The number of carbonyl (C=O) groups is 4. The Hall–Kier alpha value is -3.02. The number of phenols is 3. The van der Waals surface area contributed by atoms with Gasteiger partial charge in [0.25, 0.3) is 0 Å². The third-order valence-corrected chi connectivity index (χ3v) is 21.3. The van der Waals surface area contributed by atoms with Crippen LogP contribution in [0.4, 0.5) is 0 Å². The summed E-state index contributed by atoms with van der Waals surface area (Å²) in [6.07, 6.45) is 6.30. The number of sulfonamides is 1. The highest BCUT2D eigenvalue weighted by molar-refractivity contribution is 14.1. The lowest BCUT2D eigenvalue weighted by atomic mass is 10.1. The van der Waals surface area contributed by atoms with Crippen molar-refractivity contribution in [3.63, 3.8) is 0 Å². The number of phenolic OH excluding ortho intramolecular Hbond substituents is 3. The molecule has 500 valence electrons. The summed E-state index contributed by atoms with van der Waals surface area (Å²) in [5, 5.41) is 28.2. The molecule has 0 aromatic heterocycles. The molecule has 28 heteroatoms. The zero-order chi connectivity index (χ0) is 69.6. The Morgan fingerprint density at radius 3 is 1.28 bits per heavy atom. The van der Waals surface area contributed by atoms with Crippen LogP contribution in [0.25, 0.3) is 0 Å². The van der Waals surface area contributed by atoms with Crippen molar-refractivity contribution in [3.05, 3.63) is 194 Å². The van der Waals surface area contributed by atoms with Gasteiger partial charge >= 0.3 is 0 Å². The summed E-state index contributed by atoms with van der Waals surface area (Å²) >= 11 is 19.6. The number of aryl methyl sites for hydroxylation is 3. The number of hydrogen-bond acceptors (Lipinski definition) is 15. The number of nitrogens with one attached hydrogen (secondary N) is 2. The molecule has 0 saturated heterocycles. The summed E-state index contributed by atoms with van der Waals surface area (Å²) in [6, 6.07) is 41.3. The van der Waals surface area contributed by atoms with E-state index in [0.29, 0.717) is 63.6 Å². The minimum absolute atomic E-state index is 0.0452. The largest absolute Gasteiger partial charge is 0.508 e. The van der Waals surface area contributed by atoms with Gasteiger partial charge in [-0.3, -0.25) is 23.8 Å². The first-order valence-electron chi connectivity index (χ1n) is 27.7. The minimum atomic E-state index is -3.57. The molecule has 0 spiro atoms. The Bertz CT molecular complexity index is 4150. The van der Waals surface area contributed by atoms with Crippen LogP contribution in [-0.2, 0) is 64.6 Å². The quantitative estimate of drug-likeness (QED) is 0.0295. The van der Waals surface area contributed by atoms with Gasteiger partial charge in [-0.25, -0.2) is 12.6 Å². The summed E-state index contributed by atoms with van der Waals surface area (Å²) < 4.78 is 75.1. The second kappa shape index (κ2) is 39.7. The van der Waals surface area contributed by atoms with Crippen molar-refractivity contribution in [2.24, 2.45) is 0 Å². The van der Waals surface area contributed by atoms with Crippen molar-refractivity contribution in [2.75, 3.05) is 19.6 Å². The zero-order valence-corrected chi connectivity index (χ0v) is 71.7. The number of rotatable bonds is 23. The Balaban J connectivity index is 0.000000228. The molecule has 94 heavy (non-hydrogen) atoms. The molecule has 1 atom stereocenters. The smallest absolute Gasteiger partial charge is 0.237 e. The Kier molecular flexibility index (Phi) is 34.5. The lowest BCUT2D eigenvalue weighted by Crippen LogP contribution is -2.30. The van der Waals surface area contributed by atoms with Crippen LogP contribution in [0.1, 0.15) is 61.8 Å². The van der Waals surface area contributed by atoms with Crippen molar-refractivity contribution < 1.29 is 70.8 Å². The molecular formula is C66H61I9N2O15S2. The van der Waals surface area contributed by atoms with Gasteiger partial charge in [0.1, 0.15) is 57.6 Å². The zero-order valence-electron chi connectivity index (χ0n) is 50.6. The molecule has 0 aliphatic carbocycles. The molecule has 8 aromatic rings. The van der Waals surface area contributed by atoms with Crippen LogP contribution in [0.2, 0.25) is 0 Å². The third-order valence-electron chi connectivity index (χ3n) is 12.3. The molecule has 8 rings (SSSR count). The van der Waals surface area contributed by atoms with E-state index in [0.717, 1.165) is 87.5 Å². The predicted molar refractivity (Wildman–Crippen MR) is 445 cm³/mol. The predicted octanol–water partition coefficient (Wildman–Crippen LogP) is 17.8. The molecule has 0 fully saturated rings. The molecule has 0 heterocycles. The summed E-state index contributed by atoms with van der Waals surface area (Å²) in [6.45, 7) is 3.51. The van der Waals surface area contributed by atoms with Crippen LogP contribution in [0, 0.1) is 32.1 Å². The molecular weight excluding hydrogens is 2270 g/mol. The van der Waals surface area contributed by atoms with Gasteiger partial charge in [-0.1, -0.05) is 13.0 Å². The summed E-state index contributed by atoms with van der Waals surface area (Å²) in [7, 11) is -4.46. The van der Waals surface area contributed by atoms with Crippen LogP contribution in [0.5, 0.6) is 69.0 Å². The monoisotopic (exact) mass is 2330 g/mol.